The summed E-state index contributed by atoms with van der Waals surface area (Å²) in [4.78, 5) is 27.9. The van der Waals surface area contributed by atoms with Gasteiger partial charge in [-0.15, -0.1) is 11.8 Å². The summed E-state index contributed by atoms with van der Waals surface area (Å²) in [6, 6.07) is 13.4. The highest BCUT2D eigenvalue weighted by atomic mass is 35.5. The molecule has 0 spiro atoms. The fraction of sp³-hybridized carbons (Fsp3) is 0.462. The average Bonchev–Trinajstić information content (AvgIpc) is 2.74. The van der Waals surface area contributed by atoms with E-state index in [2.05, 4.69) is 44.3 Å². The van der Waals surface area contributed by atoms with E-state index in [-0.39, 0.29) is 11.8 Å². The smallest absolute Gasteiger partial charge is 0.242 e. The Labute approximate surface area is 202 Å². The van der Waals surface area contributed by atoms with Crippen molar-refractivity contribution in [1.29, 1.82) is 0 Å². The molecule has 0 aromatic heterocycles. The van der Waals surface area contributed by atoms with E-state index in [1.807, 2.05) is 31.2 Å². The van der Waals surface area contributed by atoms with Crippen LogP contribution in [0.5, 0.6) is 0 Å². The third kappa shape index (κ3) is 8.18. The summed E-state index contributed by atoms with van der Waals surface area (Å²) in [5.41, 5.74) is 4.51. The van der Waals surface area contributed by atoms with Gasteiger partial charge in [0.05, 0.1) is 5.75 Å². The topological polar surface area (TPSA) is 49.4 Å². The van der Waals surface area contributed by atoms with Crippen LogP contribution < -0.4 is 5.32 Å². The Hall–Kier alpha value is -1.98. The molecule has 0 radical (unpaired) electrons. The zero-order chi connectivity index (χ0) is 23.5. The molecule has 0 aliphatic carbocycles. The van der Waals surface area contributed by atoms with E-state index >= 15 is 0 Å². The lowest BCUT2D eigenvalue weighted by Crippen LogP contribution is -2.49. The molecule has 0 heterocycles. The number of thioether (sulfide) groups is 1. The van der Waals surface area contributed by atoms with Gasteiger partial charge < -0.3 is 10.2 Å². The molecule has 1 N–H and O–H groups in total. The summed E-state index contributed by atoms with van der Waals surface area (Å²) in [6.07, 6.45) is 2.48. The number of nitrogens with zero attached hydrogens (tertiary/aromatic N) is 1. The van der Waals surface area contributed by atoms with Crippen LogP contribution in [-0.2, 0) is 21.9 Å². The molecule has 4 nitrogen and oxygen atoms in total. The van der Waals surface area contributed by atoms with Gasteiger partial charge in [-0.05, 0) is 43.9 Å². The highest BCUT2D eigenvalue weighted by Gasteiger charge is 2.28. The van der Waals surface area contributed by atoms with Crippen LogP contribution in [-0.4, -0.2) is 35.1 Å². The molecule has 0 aliphatic rings. The highest BCUT2D eigenvalue weighted by molar-refractivity contribution is 7.99. The van der Waals surface area contributed by atoms with E-state index in [1.165, 1.54) is 16.7 Å². The number of amides is 2. The predicted octanol–water partition coefficient (Wildman–Crippen LogP) is 5.91. The maximum absolute atomic E-state index is 13.3. The third-order valence-corrected chi connectivity index (χ3v) is 6.65. The number of hydrogen-bond donors (Lipinski definition) is 1. The summed E-state index contributed by atoms with van der Waals surface area (Å²) < 4.78 is 0. The SMILES string of the molecule is CCCCNC(=O)[C@@H](CC)N(Cc1ccccc1Cl)C(=O)CSCc1cc(C)cc(C)c1. The molecular formula is C26H35ClN2O2S. The van der Waals surface area contributed by atoms with Crippen molar-refractivity contribution >= 4 is 35.2 Å². The van der Waals surface area contributed by atoms with Crippen LogP contribution in [0.25, 0.3) is 0 Å². The molecule has 1 atom stereocenters. The molecule has 6 heteroatoms. The summed E-state index contributed by atoms with van der Waals surface area (Å²) in [5.74, 6) is 0.932. The Kier molecular flexibility index (Phi) is 11.1. The number of carbonyl (C=O) groups is 2. The van der Waals surface area contributed by atoms with Gasteiger partial charge in [-0.3, -0.25) is 9.59 Å². The van der Waals surface area contributed by atoms with Gasteiger partial charge in [0.25, 0.3) is 0 Å². The van der Waals surface area contributed by atoms with Gasteiger partial charge in [0, 0.05) is 23.9 Å². The molecule has 0 saturated heterocycles. The molecular weight excluding hydrogens is 440 g/mol. The lowest BCUT2D eigenvalue weighted by molar-refractivity contribution is -0.139. The fourth-order valence-electron chi connectivity index (χ4n) is 3.73. The van der Waals surface area contributed by atoms with Gasteiger partial charge in [-0.2, -0.15) is 0 Å². The van der Waals surface area contributed by atoms with Crippen molar-refractivity contribution in [2.45, 2.75) is 65.3 Å². The van der Waals surface area contributed by atoms with Crippen molar-refractivity contribution in [3.8, 4) is 0 Å². The van der Waals surface area contributed by atoms with Crippen LogP contribution in [0.15, 0.2) is 42.5 Å². The molecule has 0 unspecified atom stereocenters. The number of unbranched alkanes of at least 4 members (excludes halogenated alkanes) is 1. The van der Waals surface area contributed by atoms with Crippen LogP contribution in [0.3, 0.4) is 0 Å². The number of rotatable bonds is 12. The number of nitrogens with one attached hydrogen (secondary N) is 1. The average molecular weight is 475 g/mol. The maximum Gasteiger partial charge on any atom is 0.242 e. The largest absolute Gasteiger partial charge is 0.354 e. The zero-order valence-corrected chi connectivity index (χ0v) is 21.2. The standard InChI is InChI=1S/C26H35ClN2O2S/c1-5-7-12-28-26(31)24(6-2)29(16-22-10-8-9-11-23(22)27)25(30)18-32-17-21-14-19(3)13-20(4)15-21/h8-11,13-15,24H,5-7,12,16-18H2,1-4H3,(H,28,31)/t24-/m1/s1. The minimum Gasteiger partial charge on any atom is -0.354 e. The Morgan fingerprint density at radius 1 is 1.09 bits per heavy atom. The molecule has 2 aromatic rings. The second-order valence-corrected chi connectivity index (χ2v) is 9.56. The normalized spacial score (nSPS) is 11.8. The Morgan fingerprint density at radius 2 is 1.78 bits per heavy atom. The minimum absolute atomic E-state index is 0.0446. The Balaban J connectivity index is 2.13. The molecule has 32 heavy (non-hydrogen) atoms. The van der Waals surface area contributed by atoms with Gasteiger partial charge >= 0.3 is 0 Å². The Morgan fingerprint density at radius 3 is 2.41 bits per heavy atom. The first kappa shape index (κ1) is 26.3. The van der Waals surface area contributed by atoms with E-state index in [1.54, 1.807) is 16.7 Å². The van der Waals surface area contributed by atoms with E-state index in [0.717, 1.165) is 24.2 Å². The summed E-state index contributed by atoms with van der Waals surface area (Å²) in [5, 5.41) is 3.60. The highest BCUT2D eigenvalue weighted by Crippen LogP contribution is 2.22. The third-order valence-electron chi connectivity index (χ3n) is 5.29. The molecule has 0 saturated carbocycles. The van der Waals surface area contributed by atoms with Gasteiger partial charge in [0.15, 0.2) is 0 Å². The van der Waals surface area contributed by atoms with Crippen LogP contribution in [0, 0.1) is 13.8 Å². The summed E-state index contributed by atoms with van der Waals surface area (Å²) in [7, 11) is 0. The second kappa shape index (κ2) is 13.5. The van der Waals surface area contributed by atoms with Crippen molar-refractivity contribution in [2.24, 2.45) is 0 Å². The van der Waals surface area contributed by atoms with Crippen molar-refractivity contribution in [2.75, 3.05) is 12.3 Å². The van der Waals surface area contributed by atoms with Crippen molar-refractivity contribution in [1.82, 2.24) is 10.2 Å². The van der Waals surface area contributed by atoms with Gasteiger partial charge in [0.1, 0.15) is 6.04 Å². The Bertz CT molecular complexity index is 883. The first-order valence-electron chi connectivity index (χ1n) is 11.3. The first-order valence-corrected chi connectivity index (χ1v) is 12.8. The van der Waals surface area contributed by atoms with E-state index in [0.29, 0.717) is 30.3 Å². The van der Waals surface area contributed by atoms with Crippen LogP contribution >= 0.6 is 23.4 Å². The van der Waals surface area contributed by atoms with Gasteiger partial charge in [-0.1, -0.05) is 79.4 Å². The number of benzene rings is 2. The van der Waals surface area contributed by atoms with Gasteiger partial charge in [0.2, 0.25) is 11.8 Å². The van der Waals surface area contributed by atoms with Crippen LogP contribution in [0.4, 0.5) is 0 Å². The number of halogens is 1. The summed E-state index contributed by atoms with van der Waals surface area (Å²) in [6.45, 7) is 9.15. The molecule has 0 bridgehead atoms. The lowest BCUT2D eigenvalue weighted by Gasteiger charge is -2.31. The predicted molar refractivity (Wildman–Crippen MR) is 136 cm³/mol. The number of hydrogen-bond acceptors (Lipinski definition) is 3. The van der Waals surface area contributed by atoms with Crippen molar-refractivity contribution < 1.29 is 9.59 Å². The first-order chi connectivity index (χ1) is 15.3. The second-order valence-electron chi connectivity index (χ2n) is 8.17. The lowest BCUT2D eigenvalue weighted by atomic mass is 10.1. The molecule has 0 fully saturated rings. The van der Waals surface area contributed by atoms with E-state index in [4.69, 9.17) is 11.6 Å². The number of carbonyl (C=O) groups excluding carboxylic acids is 2. The van der Waals surface area contributed by atoms with E-state index in [9.17, 15) is 9.59 Å². The molecule has 2 amide bonds. The summed E-state index contributed by atoms with van der Waals surface area (Å²) >= 11 is 7.95. The zero-order valence-electron chi connectivity index (χ0n) is 19.6. The monoisotopic (exact) mass is 474 g/mol. The molecule has 2 aromatic carbocycles. The maximum atomic E-state index is 13.3. The molecule has 0 aliphatic heterocycles. The van der Waals surface area contributed by atoms with E-state index < -0.39 is 6.04 Å². The van der Waals surface area contributed by atoms with Crippen LogP contribution in [0.1, 0.15) is 55.4 Å². The molecule has 2 rings (SSSR count). The van der Waals surface area contributed by atoms with Crippen molar-refractivity contribution in [3.63, 3.8) is 0 Å². The molecule has 174 valence electrons. The van der Waals surface area contributed by atoms with Gasteiger partial charge in [-0.25, -0.2) is 0 Å². The quantitative estimate of drug-likeness (QED) is 0.389. The van der Waals surface area contributed by atoms with Crippen molar-refractivity contribution in [3.05, 3.63) is 69.7 Å². The minimum atomic E-state index is -0.516. The van der Waals surface area contributed by atoms with Crippen LogP contribution in [0.2, 0.25) is 5.02 Å². The number of aryl methyl sites for hydroxylation is 2. The fourth-order valence-corrected chi connectivity index (χ4v) is 4.77.